The molecule has 1 heterocycles. The van der Waals surface area contributed by atoms with Gasteiger partial charge in [0.1, 0.15) is 11.5 Å². The summed E-state index contributed by atoms with van der Waals surface area (Å²) in [5.41, 5.74) is 6.18. The minimum Gasteiger partial charge on any atom is -0.457 e. The predicted octanol–water partition coefficient (Wildman–Crippen LogP) is 2.95. The van der Waals surface area contributed by atoms with E-state index >= 15 is 0 Å². The van der Waals surface area contributed by atoms with Gasteiger partial charge in [-0.1, -0.05) is 13.8 Å². The quantitative estimate of drug-likeness (QED) is 0.766. The normalized spacial score (nSPS) is 14.4. The summed E-state index contributed by atoms with van der Waals surface area (Å²) in [5, 5.41) is 3.05. The van der Waals surface area contributed by atoms with Crippen LogP contribution in [-0.2, 0) is 4.79 Å². The number of benzene rings is 2. The van der Waals surface area contributed by atoms with E-state index in [-0.39, 0.29) is 23.8 Å². The second-order valence-corrected chi connectivity index (χ2v) is 7.74. The highest BCUT2D eigenvalue weighted by molar-refractivity contribution is 5.94. The molecule has 0 saturated carbocycles. The van der Waals surface area contributed by atoms with Crippen LogP contribution in [0.2, 0.25) is 0 Å². The fraction of sp³-hybridized carbons (Fsp3) is 0.348. The molecule has 1 aliphatic rings. The molecule has 0 bridgehead atoms. The SMILES string of the molecule is CC(C)C(=O)N1CCC(NC(=O)c2ccc(Oc3ccc(C(N)=O)cc3)cc2)CC1. The largest absolute Gasteiger partial charge is 0.457 e. The Morgan fingerprint density at radius 3 is 1.90 bits per heavy atom. The summed E-state index contributed by atoms with van der Waals surface area (Å²) in [4.78, 5) is 37.6. The Bertz CT molecular complexity index is 899. The van der Waals surface area contributed by atoms with Crippen LogP contribution in [0.1, 0.15) is 47.4 Å². The lowest BCUT2D eigenvalue weighted by Gasteiger charge is -2.33. The maximum atomic E-state index is 12.5. The van der Waals surface area contributed by atoms with E-state index in [1.54, 1.807) is 48.5 Å². The maximum absolute atomic E-state index is 12.5. The van der Waals surface area contributed by atoms with Crippen molar-refractivity contribution in [3.05, 3.63) is 59.7 Å². The van der Waals surface area contributed by atoms with Gasteiger partial charge in [-0.25, -0.2) is 0 Å². The molecule has 3 amide bonds. The van der Waals surface area contributed by atoms with Gasteiger partial charge in [0, 0.05) is 36.2 Å². The van der Waals surface area contributed by atoms with Crippen molar-refractivity contribution >= 4 is 17.7 Å². The van der Waals surface area contributed by atoms with Crippen LogP contribution in [0, 0.1) is 5.92 Å². The van der Waals surface area contributed by atoms with E-state index in [1.807, 2.05) is 18.7 Å². The standard InChI is InChI=1S/C23H27N3O4/c1-15(2)23(29)26-13-11-18(12-14-26)25-22(28)17-5-9-20(10-6-17)30-19-7-3-16(4-8-19)21(24)27/h3-10,15,18H,11-14H2,1-2H3,(H2,24,27)(H,25,28). The summed E-state index contributed by atoms with van der Waals surface area (Å²) < 4.78 is 5.73. The van der Waals surface area contributed by atoms with Crippen molar-refractivity contribution in [2.75, 3.05) is 13.1 Å². The number of ether oxygens (including phenoxy) is 1. The molecule has 0 radical (unpaired) electrons. The molecule has 7 nitrogen and oxygen atoms in total. The fourth-order valence-electron chi connectivity index (χ4n) is 3.38. The van der Waals surface area contributed by atoms with E-state index < -0.39 is 5.91 Å². The molecule has 3 rings (SSSR count). The van der Waals surface area contributed by atoms with Gasteiger partial charge in [0.15, 0.2) is 0 Å². The van der Waals surface area contributed by atoms with Crippen LogP contribution in [0.15, 0.2) is 48.5 Å². The molecule has 30 heavy (non-hydrogen) atoms. The fourth-order valence-corrected chi connectivity index (χ4v) is 3.38. The summed E-state index contributed by atoms with van der Waals surface area (Å²) in [6, 6.07) is 13.4. The molecule has 1 saturated heterocycles. The Morgan fingerprint density at radius 2 is 1.43 bits per heavy atom. The summed E-state index contributed by atoms with van der Waals surface area (Å²) in [6.45, 7) is 5.14. The van der Waals surface area contributed by atoms with E-state index in [2.05, 4.69) is 5.32 Å². The first-order valence-corrected chi connectivity index (χ1v) is 10.1. The summed E-state index contributed by atoms with van der Waals surface area (Å²) >= 11 is 0. The molecular formula is C23H27N3O4. The summed E-state index contributed by atoms with van der Waals surface area (Å²) in [6.07, 6.45) is 1.51. The lowest BCUT2D eigenvalue weighted by atomic mass is 10.0. The zero-order valence-corrected chi connectivity index (χ0v) is 17.3. The molecule has 0 atom stereocenters. The van der Waals surface area contributed by atoms with Gasteiger partial charge in [0.05, 0.1) is 0 Å². The highest BCUT2D eigenvalue weighted by Crippen LogP contribution is 2.22. The number of carbonyl (C=O) groups is 3. The van der Waals surface area contributed by atoms with Gasteiger partial charge in [-0.15, -0.1) is 0 Å². The Balaban J connectivity index is 1.51. The van der Waals surface area contributed by atoms with Gasteiger partial charge in [0.2, 0.25) is 11.8 Å². The van der Waals surface area contributed by atoms with E-state index in [0.717, 1.165) is 12.8 Å². The number of piperidine rings is 1. The molecule has 1 aliphatic heterocycles. The Morgan fingerprint density at radius 1 is 0.933 bits per heavy atom. The van der Waals surface area contributed by atoms with E-state index in [4.69, 9.17) is 10.5 Å². The van der Waals surface area contributed by atoms with Crippen molar-refractivity contribution in [2.45, 2.75) is 32.7 Å². The monoisotopic (exact) mass is 409 g/mol. The molecule has 3 N–H and O–H groups in total. The predicted molar refractivity (Wildman–Crippen MR) is 113 cm³/mol. The van der Waals surface area contributed by atoms with E-state index in [1.165, 1.54) is 0 Å². The van der Waals surface area contributed by atoms with Crippen LogP contribution >= 0.6 is 0 Å². The van der Waals surface area contributed by atoms with Crippen molar-refractivity contribution in [3.8, 4) is 11.5 Å². The zero-order chi connectivity index (χ0) is 21.7. The van der Waals surface area contributed by atoms with Crippen molar-refractivity contribution in [3.63, 3.8) is 0 Å². The molecule has 0 aliphatic carbocycles. The topological polar surface area (TPSA) is 102 Å². The van der Waals surface area contributed by atoms with Crippen molar-refractivity contribution in [1.29, 1.82) is 0 Å². The zero-order valence-electron chi connectivity index (χ0n) is 17.3. The second-order valence-electron chi connectivity index (χ2n) is 7.74. The number of carbonyl (C=O) groups excluding carboxylic acids is 3. The number of rotatable bonds is 6. The molecule has 0 spiro atoms. The summed E-state index contributed by atoms with van der Waals surface area (Å²) in [5.74, 6) is 0.687. The lowest BCUT2D eigenvalue weighted by Crippen LogP contribution is -2.47. The Labute approximate surface area is 176 Å². The molecule has 7 heteroatoms. The van der Waals surface area contributed by atoms with Crippen LogP contribution in [-0.4, -0.2) is 41.8 Å². The Kier molecular flexibility index (Phi) is 6.72. The lowest BCUT2D eigenvalue weighted by molar-refractivity contribution is -0.135. The van der Waals surface area contributed by atoms with Gasteiger partial charge in [-0.3, -0.25) is 14.4 Å². The number of likely N-dealkylation sites (tertiary alicyclic amines) is 1. The van der Waals surface area contributed by atoms with Gasteiger partial charge >= 0.3 is 0 Å². The number of nitrogens with two attached hydrogens (primary N) is 1. The first-order chi connectivity index (χ1) is 14.3. The van der Waals surface area contributed by atoms with Crippen LogP contribution in [0.3, 0.4) is 0 Å². The van der Waals surface area contributed by atoms with E-state index in [9.17, 15) is 14.4 Å². The van der Waals surface area contributed by atoms with Crippen LogP contribution in [0.5, 0.6) is 11.5 Å². The third-order valence-corrected chi connectivity index (χ3v) is 5.13. The average Bonchev–Trinajstić information content (AvgIpc) is 2.74. The number of amides is 3. The van der Waals surface area contributed by atoms with Crippen molar-refractivity contribution in [2.24, 2.45) is 11.7 Å². The molecule has 158 valence electrons. The molecule has 2 aromatic rings. The van der Waals surface area contributed by atoms with E-state index in [0.29, 0.717) is 35.7 Å². The smallest absolute Gasteiger partial charge is 0.251 e. The van der Waals surface area contributed by atoms with Gasteiger partial charge in [-0.2, -0.15) is 0 Å². The number of primary amides is 1. The van der Waals surface area contributed by atoms with Crippen LogP contribution < -0.4 is 15.8 Å². The third kappa shape index (κ3) is 5.37. The number of nitrogens with one attached hydrogen (secondary N) is 1. The Hall–Kier alpha value is -3.35. The van der Waals surface area contributed by atoms with Gasteiger partial charge in [-0.05, 0) is 61.4 Å². The second kappa shape index (κ2) is 9.43. The highest BCUT2D eigenvalue weighted by atomic mass is 16.5. The average molecular weight is 409 g/mol. The number of hydrogen-bond acceptors (Lipinski definition) is 4. The third-order valence-electron chi connectivity index (χ3n) is 5.13. The molecule has 0 aromatic heterocycles. The highest BCUT2D eigenvalue weighted by Gasteiger charge is 2.25. The maximum Gasteiger partial charge on any atom is 0.251 e. The summed E-state index contributed by atoms with van der Waals surface area (Å²) in [7, 11) is 0. The van der Waals surface area contributed by atoms with Crippen molar-refractivity contribution < 1.29 is 19.1 Å². The van der Waals surface area contributed by atoms with Crippen molar-refractivity contribution in [1.82, 2.24) is 10.2 Å². The molecular weight excluding hydrogens is 382 g/mol. The first-order valence-electron chi connectivity index (χ1n) is 10.1. The first kappa shape index (κ1) is 21.4. The minimum absolute atomic E-state index is 0.00188. The number of hydrogen-bond donors (Lipinski definition) is 2. The molecule has 2 aromatic carbocycles. The minimum atomic E-state index is -0.492. The number of nitrogens with zero attached hydrogens (tertiary/aromatic N) is 1. The van der Waals surface area contributed by atoms with Crippen LogP contribution in [0.4, 0.5) is 0 Å². The van der Waals surface area contributed by atoms with Gasteiger partial charge in [0.25, 0.3) is 5.91 Å². The van der Waals surface area contributed by atoms with Crippen LogP contribution in [0.25, 0.3) is 0 Å². The molecule has 1 fully saturated rings. The van der Waals surface area contributed by atoms with Gasteiger partial charge < -0.3 is 20.7 Å². The molecule has 0 unspecified atom stereocenters.